The Hall–Kier alpha value is -4.38. The van der Waals surface area contributed by atoms with Crippen molar-refractivity contribution in [3.8, 4) is 5.75 Å². The molecule has 5 amide bonds. The number of benzene rings is 2. The Labute approximate surface area is 248 Å². The number of aromatic carboxylic acids is 1. The van der Waals surface area contributed by atoms with E-state index in [4.69, 9.17) is 4.65 Å². The fraction of sp³-hybridized carbons (Fsp3) is 0.320. The molecule has 1 fully saturated rings. The first-order chi connectivity index (χ1) is 20.6. The molecule has 2 aliphatic rings. The fourth-order valence-electron chi connectivity index (χ4n) is 4.81. The van der Waals surface area contributed by atoms with Crippen LogP contribution >= 0.6 is 7.60 Å². The number of halogens is 2. The van der Waals surface area contributed by atoms with Crippen LogP contribution in [0.1, 0.15) is 40.0 Å². The summed E-state index contributed by atoms with van der Waals surface area (Å²) in [6.45, 7) is 1.47. The average Bonchev–Trinajstić information content (AvgIpc) is 2.95. The topological polar surface area (TPSA) is 223 Å². The smallest absolute Gasteiger partial charge is 0.534 e. The van der Waals surface area contributed by atoms with Crippen molar-refractivity contribution >= 4 is 44.4 Å². The van der Waals surface area contributed by atoms with Crippen molar-refractivity contribution in [2.24, 2.45) is 0 Å². The summed E-state index contributed by atoms with van der Waals surface area (Å²) in [5.74, 6) is -9.72. The van der Waals surface area contributed by atoms with Crippen LogP contribution in [-0.2, 0) is 31.5 Å². The van der Waals surface area contributed by atoms with Gasteiger partial charge in [0.05, 0.1) is 17.7 Å². The van der Waals surface area contributed by atoms with E-state index in [9.17, 15) is 52.8 Å². The van der Waals surface area contributed by atoms with Gasteiger partial charge in [0.2, 0.25) is 5.91 Å². The number of imide groups is 1. The minimum Gasteiger partial charge on any atom is -0.534 e. The molecule has 0 spiro atoms. The molecule has 0 unspecified atom stereocenters. The van der Waals surface area contributed by atoms with Crippen LogP contribution in [0.3, 0.4) is 0 Å². The Bertz CT molecular complexity index is 1590. The van der Waals surface area contributed by atoms with E-state index < -0.39 is 85.3 Å². The van der Waals surface area contributed by atoms with Gasteiger partial charge in [-0.05, 0) is 25.0 Å². The molecule has 2 heterocycles. The lowest BCUT2D eigenvalue weighted by Crippen LogP contribution is -2.60. The lowest BCUT2D eigenvalue weighted by atomic mass is 9.72. The van der Waals surface area contributed by atoms with Crippen LogP contribution in [0.15, 0.2) is 30.3 Å². The fourth-order valence-corrected chi connectivity index (χ4v) is 5.50. The highest BCUT2D eigenvalue weighted by atomic mass is 31.2. The van der Waals surface area contributed by atoms with Crippen molar-refractivity contribution in [1.82, 2.24) is 20.4 Å². The van der Waals surface area contributed by atoms with Crippen LogP contribution in [0.2, 0.25) is 0 Å². The lowest BCUT2D eigenvalue weighted by Gasteiger charge is -2.33. The number of amides is 5. The van der Waals surface area contributed by atoms with Crippen molar-refractivity contribution in [3.05, 3.63) is 64.2 Å². The number of carbonyl (C=O) groups excluding carboxylic acids is 4. The number of piperazine rings is 1. The number of rotatable bonds is 8. The van der Waals surface area contributed by atoms with Gasteiger partial charge in [-0.2, -0.15) is 0 Å². The highest BCUT2D eigenvalue weighted by molar-refractivity contribution is 7.50. The van der Waals surface area contributed by atoms with Gasteiger partial charge in [0, 0.05) is 30.8 Å². The summed E-state index contributed by atoms with van der Waals surface area (Å²) in [4.78, 5) is 83.0. The van der Waals surface area contributed by atoms with Gasteiger partial charge in [-0.15, -0.1) is 0 Å². The predicted octanol–water partition coefficient (Wildman–Crippen LogP) is -0.0783. The average molecular weight is 638 g/mol. The maximum absolute atomic E-state index is 15.3. The Morgan fingerprint density at radius 2 is 1.82 bits per heavy atom. The number of fused-ring (bicyclic) bond motifs is 1. The van der Waals surface area contributed by atoms with E-state index in [1.54, 1.807) is 6.92 Å². The second-order valence-electron chi connectivity index (χ2n) is 9.92. The molecule has 234 valence electrons. The Morgan fingerprint density at radius 3 is 2.45 bits per heavy atom. The second kappa shape index (κ2) is 12.7. The van der Waals surface area contributed by atoms with Crippen molar-refractivity contribution in [3.63, 3.8) is 0 Å². The molecule has 0 aromatic heterocycles. The zero-order chi connectivity index (χ0) is 32.5. The van der Waals surface area contributed by atoms with E-state index in [0.717, 1.165) is 12.1 Å². The molecule has 4 rings (SSSR count). The van der Waals surface area contributed by atoms with Gasteiger partial charge in [0.1, 0.15) is 11.8 Å². The van der Waals surface area contributed by atoms with E-state index in [2.05, 4.69) is 10.6 Å². The summed E-state index contributed by atoms with van der Waals surface area (Å²) >= 11 is 0. The molecule has 15 nitrogen and oxygen atoms in total. The number of para-hydroxylation sites is 1. The summed E-state index contributed by atoms with van der Waals surface area (Å²) in [6, 6.07) is 2.30. The third-order valence-electron chi connectivity index (χ3n) is 7.02. The molecular weight excluding hydrogens is 612 g/mol. The van der Waals surface area contributed by atoms with E-state index in [-0.39, 0.29) is 42.9 Å². The minimum absolute atomic E-state index is 0.0330. The normalized spacial score (nSPS) is 17.5. The first-order valence-corrected chi connectivity index (χ1v) is 14.9. The van der Waals surface area contributed by atoms with Gasteiger partial charge in [0.15, 0.2) is 11.6 Å². The Kier molecular flexibility index (Phi) is 9.39. The molecule has 0 bridgehead atoms. The standard InChI is InChI=1S/C25H26BF2N4O11P/c1-2-31-8-9-32(23(35)22(31)34)25(38)30-19(14-7-6-13(11-44(40,41)42)17(27)18(14)28)21(33)29-16-10-12-4-3-5-15(24(36)37)20(12)43-26(16)39/h3-7,16,19,39H,2,8-11H2,1H3,(H,29,33)(H,30,38)(H,36,37)(H2,40,41,42)/t16-,19+/m0/s1. The molecule has 19 heteroatoms. The molecule has 44 heavy (non-hydrogen) atoms. The third-order valence-corrected chi connectivity index (χ3v) is 7.78. The second-order valence-corrected chi connectivity index (χ2v) is 11.6. The zero-order valence-corrected chi connectivity index (χ0v) is 23.8. The number of hydrogen-bond acceptors (Lipinski definition) is 8. The number of carboxylic acids is 1. The van der Waals surface area contributed by atoms with Gasteiger partial charge in [-0.25, -0.2) is 18.4 Å². The summed E-state index contributed by atoms with van der Waals surface area (Å²) < 4.78 is 46.9. The van der Waals surface area contributed by atoms with Crippen molar-refractivity contribution < 1.29 is 61.9 Å². The third kappa shape index (κ3) is 6.73. The summed E-state index contributed by atoms with van der Waals surface area (Å²) in [6.07, 6.45) is -1.35. The Morgan fingerprint density at radius 1 is 1.11 bits per heavy atom. The van der Waals surface area contributed by atoms with E-state index in [1.165, 1.54) is 23.1 Å². The van der Waals surface area contributed by atoms with Crippen LogP contribution in [0, 0.1) is 11.6 Å². The van der Waals surface area contributed by atoms with E-state index in [0.29, 0.717) is 4.90 Å². The Balaban J connectivity index is 1.65. The molecule has 2 aliphatic heterocycles. The highest BCUT2D eigenvalue weighted by Gasteiger charge is 2.41. The molecule has 2 aromatic carbocycles. The van der Waals surface area contributed by atoms with Crippen molar-refractivity contribution in [2.45, 2.75) is 31.5 Å². The van der Waals surface area contributed by atoms with Gasteiger partial charge in [-0.1, -0.05) is 24.3 Å². The van der Waals surface area contributed by atoms with Gasteiger partial charge in [-0.3, -0.25) is 23.8 Å². The molecule has 0 saturated carbocycles. The first-order valence-electron chi connectivity index (χ1n) is 13.1. The monoisotopic (exact) mass is 638 g/mol. The molecule has 0 radical (unpaired) electrons. The number of nitrogens with one attached hydrogen (secondary N) is 2. The van der Waals surface area contributed by atoms with Crippen LogP contribution in [-0.4, -0.2) is 92.1 Å². The number of urea groups is 1. The number of carboxylic acid groups (broad SMARTS) is 1. The number of carbonyl (C=O) groups is 5. The SMILES string of the molecule is CCN1CCN(C(=O)N[C@@H](C(=O)N[C@H]2Cc3cccc(C(=O)O)c3OB2O)c2ccc(CP(=O)(O)O)c(F)c2F)C(=O)C1=O. The van der Waals surface area contributed by atoms with Crippen molar-refractivity contribution in [1.29, 1.82) is 0 Å². The number of likely N-dealkylation sites (N-methyl/N-ethyl adjacent to an activating group) is 1. The van der Waals surface area contributed by atoms with Crippen LogP contribution in [0.5, 0.6) is 5.75 Å². The quantitative estimate of drug-likeness (QED) is 0.128. The minimum atomic E-state index is -4.84. The highest BCUT2D eigenvalue weighted by Crippen LogP contribution is 2.40. The lowest BCUT2D eigenvalue weighted by molar-refractivity contribution is -0.153. The van der Waals surface area contributed by atoms with Gasteiger partial charge in [0.25, 0.3) is 0 Å². The maximum atomic E-state index is 15.3. The predicted molar refractivity (Wildman–Crippen MR) is 145 cm³/mol. The molecule has 6 N–H and O–H groups in total. The maximum Gasteiger partial charge on any atom is 0.547 e. The van der Waals surface area contributed by atoms with Crippen LogP contribution in [0.25, 0.3) is 0 Å². The zero-order valence-electron chi connectivity index (χ0n) is 22.9. The summed E-state index contributed by atoms with van der Waals surface area (Å²) in [7, 11) is -6.66. The summed E-state index contributed by atoms with van der Waals surface area (Å²) in [5.41, 5.74) is -1.51. The van der Waals surface area contributed by atoms with Crippen LogP contribution < -0.4 is 15.3 Å². The number of hydrogen-bond donors (Lipinski definition) is 6. The van der Waals surface area contributed by atoms with Gasteiger partial charge < -0.3 is 40.1 Å². The summed E-state index contributed by atoms with van der Waals surface area (Å²) in [5, 5.41) is 24.4. The molecular formula is C25H26BF2N4O11P. The van der Waals surface area contributed by atoms with Gasteiger partial charge >= 0.3 is 38.5 Å². The molecule has 1 saturated heterocycles. The van der Waals surface area contributed by atoms with E-state index in [1.807, 2.05) is 0 Å². The first kappa shape index (κ1) is 32.5. The largest absolute Gasteiger partial charge is 0.547 e. The van der Waals surface area contributed by atoms with E-state index >= 15 is 4.39 Å². The number of nitrogens with zero attached hydrogens (tertiary/aromatic N) is 2. The van der Waals surface area contributed by atoms with Crippen LogP contribution in [0.4, 0.5) is 13.6 Å². The van der Waals surface area contributed by atoms with Crippen molar-refractivity contribution in [2.75, 3.05) is 19.6 Å². The molecule has 0 aliphatic carbocycles. The molecule has 2 atom stereocenters. The molecule has 2 aromatic rings.